The van der Waals surface area contributed by atoms with Crippen LogP contribution in [-0.4, -0.2) is 20.8 Å². The number of rotatable bonds is 5. The van der Waals surface area contributed by atoms with E-state index in [2.05, 4.69) is 15.3 Å². The van der Waals surface area contributed by atoms with E-state index in [1.807, 2.05) is 6.92 Å². The number of nitrogens with one attached hydrogen (secondary N) is 1. The summed E-state index contributed by atoms with van der Waals surface area (Å²) in [5.41, 5.74) is 6.27. The van der Waals surface area contributed by atoms with E-state index in [0.717, 1.165) is 0 Å². The van der Waals surface area contributed by atoms with Gasteiger partial charge in [0.2, 0.25) is 0 Å². The van der Waals surface area contributed by atoms with Crippen molar-refractivity contribution >= 4 is 17.4 Å². The van der Waals surface area contributed by atoms with Crippen molar-refractivity contribution in [2.45, 2.75) is 19.4 Å². The summed E-state index contributed by atoms with van der Waals surface area (Å²) in [6.07, 6.45) is 3.33. The molecule has 2 aromatic rings. The molecule has 1 atom stereocenters. The molecule has 1 aromatic heterocycles. The van der Waals surface area contributed by atoms with Gasteiger partial charge in [0, 0.05) is 24.5 Å². The molecular formula is C14H15N5O3. The molecule has 0 saturated heterocycles. The summed E-state index contributed by atoms with van der Waals surface area (Å²) in [5, 5.41) is 13.6. The molecule has 0 aliphatic carbocycles. The number of amides is 1. The Kier molecular flexibility index (Phi) is 4.62. The van der Waals surface area contributed by atoms with E-state index < -0.39 is 10.8 Å². The van der Waals surface area contributed by atoms with Crippen LogP contribution in [0.1, 0.15) is 35.4 Å². The van der Waals surface area contributed by atoms with Crippen molar-refractivity contribution in [1.29, 1.82) is 0 Å². The van der Waals surface area contributed by atoms with Gasteiger partial charge in [-0.1, -0.05) is 19.1 Å². The number of nitrogens with two attached hydrogens (primary N) is 1. The van der Waals surface area contributed by atoms with Crippen molar-refractivity contribution in [2.75, 3.05) is 5.73 Å². The maximum atomic E-state index is 12.2. The van der Waals surface area contributed by atoms with E-state index in [0.29, 0.717) is 12.0 Å². The summed E-state index contributed by atoms with van der Waals surface area (Å²) < 4.78 is 0. The fourth-order valence-corrected chi connectivity index (χ4v) is 2.03. The number of non-ortho nitro benzene ring substituents is 1. The predicted octanol–water partition coefficient (Wildman–Crippen LogP) is 1.85. The molecule has 0 unspecified atom stereocenters. The summed E-state index contributed by atoms with van der Waals surface area (Å²) in [6, 6.07) is 5.77. The van der Waals surface area contributed by atoms with Crippen molar-refractivity contribution in [2.24, 2.45) is 0 Å². The van der Waals surface area contributed by atoms with Gasteiger partial charge in [0.25, 0.3) is 11.6 Å². The first-order valence-electron chi connectivity index (χ1n) is 6.64. The number of anilines is 1. The van der Waals surface area contributed by atoms with Crippen LogP contribution < -0.4 is 11.1 Å². The molecular weight excluding hydrogens is 286 g/mol. The zero-order valence-electron chi connectivity index (χ0n) is 11.9. The van der Waals surface area contributed by atoms with Crippen molar-refractivity contribution < 1.29 is 9.72 Å². The smallest absolute Gasteiger partial charge is 0.274 e. The van der Waals surface area contributed by atoms with Gasteiger partial charge in [-0.2, -0.15) is 0 Å². The minimum Gasteiger partial charge on any atom is -0.382 e. The van der Waals surface area contributed by atoms with Crippen LogP contribution in [0.25, 0.3) is 0 Å². The maximum absolute atomic E-state index is 12.2. The SMILES string of the molecule is CC[C@@H](NC(=O)c1nccnc1N)c1cccc([N+](=O)[O-])c1. The fraction of sp³-hybridized carbons (Fsp3) is 0.214. The Hall–Kier alpha value is -3.03. The molecule has 2 rings (SSSR count). The molecule has 114 valence electrons. The predicted molar refractivity (Wildman–Crippen MR) is 80.0 cm³/mol. The van der Waals surface area contributed by atoms with Crippen LogP contribution in [0.5, 0.6) is 0 Å². The Morgan fingerprint density at radius 2 is 2.14 bits per heavy atom. The van der Waals surface area contributed by atoms with Crippen LogP contribution in [0.15, 0.2) is 36.7 Å². The van der Waals surface area contributed by atoms with Crippen molar-refractivity contribution in [1.82, 2.24) is 15.3 Å². The zero-order valence-corrected chi connectivity index (χ0v) is 11.9. The maximum Gasteiger partial charge on any atom is 0.274 e. The average molecular weight is 301 g/mol. The summed E-state index contributed by atoms with van der Waals surface area (Å²) in [6.45, 7) is 1.86. The van der Waals surface area contributed by atoms with Crippen LogP contribution in [-0.2, 0) is 0 Å². The highest BCUT2D eigenvalue weighted by Gasteiger charge is 2.19. The molecule has 0 aliphatic rings. The lowest BCUT2D eigenvalue weighted by molar-refractivity contribution is -0.384. The molecule has 0 radical (unpaired) electrons. The number of carbonyl (C=O) groups excluding carboxylic acids is 1. The first-order chi connectivity index (χ1) is 10.5. The Balaban J connectivity index is 2.22. The quantitative estimate of drug-likeness (QED) is 0.641. The van der Waals surface area contributed by atoms with E-state index in [-0.39, 0.29) is 23.2 Å². The number of carbonyl (C=O) groups is 1. The molecule has 0 fully saturated rings. The van der Waals surface area contributed by atoms with Gasteiger partial charge in [-0.25, -0.2) is 9.97 Å². The fourth-order valence-electron chi connectivity index (χ4n) is 2.03. The van der Waals surface area contributed by atoms with E-state index >= 15 is 0 Å². The number of nitro benzene ring substituents is 1. The Morgan fingerprint density at radius 3 is 2.77 bits per heavy atom. The highest BCUT2D eigenvalue weighted by molar-refractivity contribution is 5.96. The van der Waals surface area contributed by atoms with E-state index in [4.69, 9.17) is 5.73 Å². The van der Waals surface area contributed by atoms with Gasteiger partial charge in [0.15, 0.2) is 11.5 Å². The van der Waals surface area contributed by atoms with Gasteiger partial charge in [0.05, 0.1) is 11.0 Å². The number of nitro groups is 1. The minimum absolute atomic E-state index is 0.0239. The van der Waals surface area contributed by atoms with E-state index in [1.165, 1.54) is 24.5 Å². The largest absolute Gasteiger partial charge is 0.382 e. The first-order valence-corrected chi connectivity index (χ1v) is 6.64. The number of nitrogen functional groups attached to an aromatic ring is 1. The molecule has 0 saturated carbocycles. The molecule has 0 aliphatic heterocycles. The van der Waals surface area contributed by atoms with Gasteiger partial charge in [-0.05, 0) is 12.0 Å². The van der Waals surface area contributed by atoms with E-state index in [1.54, 1.807) is 12.1 Å². The van der Waals surface area contributed by atoms with E-state index in [9.17, 15) is 14.9 Å². The summed E-state index contributed by atoms with van der Waals surface area (Å²) in [4.78, 5) is 30.3. The summed E-state index contributed by atoms with van der Waals surface area (Å²) in [5.74, 6) is -0.433. The number of nitrogens with zero attached hydrogens (tertiary/aromatic N) is 3. The van der Waals surface area contributed by atoms with Crippen LogP contribution in [0, 0.1) is 10.1 Å². The number of benzene rings is 1. The molecule has 22 heavy (non-hydrogen) atoms. The lowest BCUT2D eigenvalue weighted by Crippen LogP contribution is -2.29. The summed E-state index contributed by atoms with van der Waals surface area (Å²) >= 11 is 0. The molecule has 8 nitrogen and oxygen atoms in total. The molecule has 1 amide bonds. The molecule has 0 bridgehead atoms. The van der Waals surface area contributed by atoms with Crippen LogP contribution in [0.3, 0.4) is 0 Å². The van der Waals surface area contributed by atoms with Crippen molar-refractivity contribution in [3.05, 3.63) is 58.0 Å². The van der Waals surface area contributed by atoms with Gasteiger partial charge in [-0.15, -0.1) is 0 Å². The Morgan fingerprint density at radius 1 is 1.41 bits per heavy atom. The van der Waals surface area contributed by atoms with Crippen LogP contribution >= 0.6 is 0 Å². The van der Waals surface area contributed by atoms with Crippen molar-refractivity contribution in [3.8, 4) is 0 Å². The van der Waals surface area contributed by atoms with Gasteiger partial charge < -0.3 is 11.1 Å². The number of hydrogen-bond donors (Lipinski definition) is 2. The third-order valence-electron chi connectivity index (χ3n) is 3.14. The lowest BCUT2D eigenvalue weighted by atomic mass is 10.0. The topological polar surface area (TPSA) is 124 Å². The van der Waals surface area contributed by atoms with Gasteiger partial charge in [-0.3, -0.25) is 14.9 Å². The second kappa shape index (κ2) is 6.61. The molecule has 0 spiro atoms. The molecule has 3 N–H and O–H groups in total. The second-order valence-corrected chi connectivity index (χ2v) is 4.58. The Labute approximate surface area is 126 Å². The highest BCUT2D eigenvalue weighted by atomic mass is 16.6. The van der Waals surface area contributed by atoms with Gasteiger partial charge >= 0.3 is 0 Å². The lowest BCUT2D eigenvalue weighted by Gasteiger charge is -2.17. The summed E-state index contributed by atoms with van der Waals surface area (Å²) in [7, 11) is 0. The highest BCUT2D eigenvalue weighted by Crippen LogP contribution is 2.22. The minimum atomic E-state index is -0.474. The molecule has 1 heterocycles. The van der Waals surface area contributed by atoms with Crippen molar-refractivity contribution in [3.63, 3.8) is 0 Å². The van der Waals surface area contributed by atoms with Gasteiger partial charge in [0.1, 0.15) is 0 Å². The number of hydrogen-bond acceptors (Lipinski definition) is 6. The van der Waals surface area contributed by atoms with Crippen LogP contribution in [0.4, 0.5) is 11.5 Å². The molecule has 8 heteroatoms. The first kappa shape index (κ1) is 15.4. The normalized spacial score (nSPS) is 11.7. The number of aromatic nitrogens is 2. The average Bonchev–Trinajstić information content (AvgIpc) is 2.52. The Bertz CT molecular complexity index is 704. The zero-order chi connectivity index (χ0) is 16.1. The molecule has 1 aromatic carbocycles. The van der Waals surface area contributed by atoms with Crippen LogP contribution in [0.2, 0.25) is 0 Å². The standard InChI is InChI=1S/C14H15N5O3/c1-2-11(9-4-3-5-10(8-9)19(21)22)18-14(20)12-13(15)17-7-6-16-12/h3-8,11H,2H2,1H3,(H2,15,17)(H,18,20)/t11-/m1/s1. The second-order valence-electron chi connectivity index (χ2n) is 4.58. The monoisotopic (exact) mass is 301 g/mol. The third kappa shape index (κ3) is 3.35. The third-order valence-corrected chi connectivity index (χ3v) is 3.14.